The molecule has 0 unspecified atom stereocenters. The highest BCUT2D eigenvalue weighted by Gasteiger charge is 2.13. The third-order valence-corrected chi connectivity index (χ3v) is 4.76. The van der Waals surface area contributed by atoms with Crippen LogP contribution in [0.2, 0.25) is 0 Å². The average molecular weight is 329 g/mol. The van der Waals surface area contributed by atoms with Gasteiger partial charge in [-0.2, -0.15) is 0 Å². The predicted molar refractivity (Wildman–Crippen MR) is 109 cm³/mol. The second kappa shape index (κ2) is 8.02. The first-order valence-corrected chi connectivity index (χ1v) is 9.32. The summed E-state index contributed by atoms with van der Waals surface area (Å²) < 4.78 is 0. The van der Waals surface area contributed by atoms with Crippen molar-refractivity contribution in [3.05, 3.63) is 89.5 Å². The van der Waals surface area contributed by atoms with Crippen molar-refractivity contribution in [2.75, 3.05) is 4.90 Å². The van der Waals surface area contributed by atoms with Crippen molar-refractivity contribution in [2.24, 2.45) is 0 Å². The SMILES string of the molecule is CCc1ccc(N(c2cccc(CC)c2)c2cccc(CC)c2)cc1. The van der Waals surface area contributed by atoms with Crippen molar-refractivity contribution < 1.29 is 0 Å². The lowest BCUT2D eigenvalue weighted by Crippen LogP contribution is -2.10. The summed E-state index contributed by atoms with van der Waals surface area (Å²) in [7, 11) is 0. The van der Waals surface area contributed by atoms with E-state index in [4.69, 9.17) is 0 Å². The molecule has 0 aliphatic carbocycles. The van der Waals surface area contributed by atoms with E-state index in [0.29, 0.717) is 0 Å². The molecule has 0 atom stereocenters. The highest BCUT2D eigenvalue weighted by molar-refractivity contribution is 5.77. The van der Waals surface area contributed by atoms with Crippen LogP contribution in [-0.4, -0.2) is 0 Å². The molecular weight excluding hydrogens is 302 g/mol. The lowest BCUT2D eigenvalue weighted by atomic mass is 10.1. The van der Waals surface area contributed by atoms with E-state index < -0.39 is 0 Å². The number of hydrogen-bond donors (Lipinski definition) is 0. The molecule has 3 aromatic rings. The summed E-state index contributed by atoms with van der Waals surface area (Å²) in [4.78, 5) is 2.36. The Morgan fingerprint density at radius 3 is 1.44 bits per heavy atom. The Hall–Kier alpha value is -2.54. The summed E-state index contributed by atoms with van der Waals surface area (Å²) in [6.07, 6.45) is 3.16. The van der Waals surface area contributed by atoms with Crippen molar-refractivity contribution in [2.45, 2.75) is 40.0 Å². The van der Waals surface area contributed by atoms with Crippen LogP contribution in [0.5, 0.6) is 0 Å². The summed E-state index contributed by atoms with van der Waals surface area (Å²) in [5, 5.41) is 0. The average Bonchev–Trinajstić information content (AvgIpc) is 2.69. The van der Waals surface area contributed by atoms with Crippen LogP contribution in [0.25, 0.3) is 0 Å². The number of benzene rings is 3. The van der Waals surface area contributed by atoms with Crippen LogP contribution in [0.4, 0.5) is 17.1 Å². The zero-order chi connectivity index (χ0) is 17.6. The lowest BCUT2D eigenvalue weighted by Gasteiger charge is -2.26. The van der Waals surface area contributed by atoms with Crippen LogP contribution in [0, 0.1) is 0 Å². The van der Waals surface area contributed by atoms with Gasteiger partial charge in [-0.15, -0.1) is 0 Å². The number of anilines is 3. The molecule has 3 aromatic carbocycles. The largest absolute Gasteiger partial charge is 0.310 e. The van der Waals surface area contributed by atoms with Gasteiger partial charge >= 0.3 is 0 Å². The minimum atomic E-state index is 1.05. The predicted octanol–water partition coefficient (Wildman–Crippen LogP) is 6.84. The lowest BCUT2D eigenvalue weighted by molar-refractivity contribution is 1.12. The molecule has 0 radical (unpaired) electrons. The van der Waals surface area contributed by atoms with Crippen molar-refractivity contribution in [1.29, 1.82) is 0 Å². The number of rotatable bonds is 6. The molecule has 0 spiro atoms. The Morgan fingerprint density at radius 1 is 0.520 bits per heavy atom. The Bertz CT molecular complexity index is 770. The van der Waals surface area contributed by atoms with Gasteiger partial charge in [-0.1, -0.05) is 57.2 Å². The summed E-state index contributed by atoms with van der Waals surface area (Å²) in [5.41, 5.74) is 7.74. The molecule has 0 bridgehead atoms. The number of hydrogen-bond acceptors (Lipinski definition) is 1. The molecule has 0 aliphatic heterocycles. The van der Waals surface area contributed by atoms with Gasteiger partial charge < -0.3 is 4.90 Å². The minimum absolute atomic E-state index is 1.05. The maximum Gasteiger partial charge on any atom is 0.0464 e. The molecular formula is C24H27N. The normalized spacial score (nSPS) is 10.7. The van der Waals surface area contributed by atoms with Crippen molar-refractivity contribution in [1.82, 2.24) is 0 Å². The Balaban J connectivity index is 2.12. The van der Waals surface area contributed by atoms with E-state index in [-0.39, 0.29) is 0 Å². The van der Waals surface area contributed by atoms with Crippen molar-refractivity contribution in [3.8, 4) is 0 Å². The zero-order valence-corrected chi connectivity index (χ0v) is 15.5. The fourth-order valence-corrected chi connectivity index (χ4v) is 3.16. The second-order valence-electron chi connectivity index (χ2n) is 6.40. The van der Waals surface area contributed by atoms with Crippen LogP contribution < -0.4 is 4.90 Å². The molecule has 1 heteroatoms. The molecule has 0 aromatic heterocycles. The molecule has 0 amide bonds. The fourth-order valence-electron chi connectivity index (χ4n) is 3.16. The van der Waals surface area contributed by atoms with E-state index in [1.54, 1.807) is 0 Å². The highest BCUT2D eigenvalue weighted by Crippen LogP contribution is 2.35. The zero-order valence-electron chi connectivity index (χ0n) is 15.5. The van der Waals surface area contributed by atoms with E-state index in [1.807, 2.05) is 0 Å². The highest BCUT2D eigenvalue weighted by atomic mass is 15.1. The van der Waals surface area contributed by atoms with Gasteiger partial charge in [0.05, 0.1) is 0 Å². The van der Waals surface area contributed by atoms with Gasteiger partial charge in [0.15, 0.2) is 0 Å². The van der Waals surface area contributed by atoms with Gasteiger partial charge in [0.1, 0.15) is 0 Å². The Morgan fingerprint density at radius 2 is 1.00 bits per heavy atom. The summed E-state index contributed by atoms with van der Waals surface area (Å²) in [6, 6.07) is 26.6. The minimum Gasteiger partial charge on any atom is -0.310 e. The Labute approximate surface area is 151 Å². The third kappa shape index (κ3) is 3.93. The van der Waals surface area contributed by atoms with Crippen LogP contribution in [0.3, 0.4) is 0 Å². The molecule has 3 rings (SSSR count). The number of aryl methyl sites for hydroxylation is 3. The van der Waals surface area contributed by atoms with E-state index in [1.165, 1.54) is 33.8 Å². The standard InChI is InChI=1S/C24H27N/c1-4-19-13-15-22(16-14-19)25(23-11-7-9-20(5-2)17-23)24-12-8-10-21(6-3)18-24/h7-18H,4-6H2,1-3H3. The van der Waals surface area contributed by atoms with Gasteiger partial charge in [0.25, 0.3) is 0 Å². The van der Waals surface area contributed by atoms with Gasteiger partial charge in [0, 0.05) is 17.1 Å². The molecule has 0 saturated heterocycles. The van der Waals surface area contributed by atoms with Crippen LogP contribution >= 0.6 is 0 Å². The molecule has 128 valence electrons. The molecule has 1 nitrogen and oxygen atoms in total. The first-order valence-electron chi connectivity index (χ1n) is 9.32. The van der Waals surface area contributed by atoms with E-state index in [0.717, 1.165) is 19.3 Å². The molecule has 0 fully saturated rings. The first kappa shape index (κ1) is 17.3. The molecule has 0 heterocycles. The van der Waals surface area contributed by atoms with Crippen molar-refractivity contribution in [3.63, 3.8) is 0 Å². The monoisotopic (exact) mass is 329 g/mol. The van der Waals surface area contributed by atoms with Crippen molar-refractivity contribution >= 4 is 17.1 Å². The van der Waals surface area contributed by atoms with Gasteiger partial charge in [-0.05, 0) is 72.4 Å². The number of nitrogens with zero attached hydrogens (tertiary/aromatic N) is 1. The van der Waals surface area contributed by atoms with Gasteiger partial charge in [-0.3, -0.25) is 0 Å². The van der Waals surface area contributed by atoms with Gasteiger partial charge in [0.2, 0.25) is 0 Å². The van der Waals surface area contributed by atoms with Gasteiger partial charge in [-0.25, -0.2) is 0 Å². The maximum absolute atomic E-state index is 2.36. The summed E-state index contributed by atoms with van der Waals surface area (Å²) in [6.45, 7) is 6.61. The molecule has 0 saturated carbocycles. The molecule has 0 N–H and O–H groups in total. The van der Waals surface area contributed by atoms with E-state index in [9.17, 15) is 0 Å². The van der Waals surface area contributed by atoms with Crippen LogP contribution in [-0.2, 0) is 19.3 Å². The first-order chi connectivity index (χ1) is 12.2. The van der Waals surface area contributed by atoms with E-state index in [2.05, 4.69) is 98.5 Å². The quantitative estimate of drug-likeness (QED) is 0.478. The Kier molecular flexibility index (Phi) is 5.55. The summed E-state index contributed by atoms with van der Waals surface area (Å²) in [5.74, 6) is 0. The third-order valence-electron chi connectivity index (χ3n) is 4.76. The smallest absolute Gasteiger partial charge is 0.0464 e. The fraction of sp³-hybridized carbons (Fsp3) is 0.250. The summed E-state index contributed by atoms with van der Waals surface area (Å²) >= 11 is 0. The van der Waals surface area contributed by atoms with Crippen LogP contribution in [0.15, 0.2) is 72.8 Å². The molecule has 25 heavy (non-hydrogen) atoms. The second-order valence-corrected chi connectivity index (χ2v) is 6.40. The molecule has 0 aliphatic rings. The topological polar surface area (TPSA) is 3.24 Å². The maximum atomic E-state index is 2.36. The van der Waals surface area contributed by atoms with E-state index >= 15 is 0 Å². The van der Waals surface area contributed by atoms with Crippen LogP contribution in [0.1, 0.15) is 37.5 Å².